The van der Waals surface area contributed by atoms with Crippen molar-refractivity contribution in [2.45, 2.75) is 83.7 Å². The summed E-state index contributed by atoms with van der Waals surface area (Å²) in [5.41, 5.74) is -0.705. The zero-order valence-electron chi connectivity index (χ0n) is 23.9. The van der Waals surface area contributed by atoms with Gasteiger partial charge >= 0.3 is 5.97 Å². The lowest BCUT2D eigenvalue weighted by molar-refractivity contribution is -0.147. The van der Waals surface area contributed by atoms with Gasteiger partial charge in [0.05, 0.1) is 20.3 Å². The van der Waals surface area contributed by atoms with Crippen LogP contribution in [0.1, 0.15) is 76.7 Å². The fraction of sp³-hybridized carbons (Fsp3) is 0.519. The van der Waals surface area contributed by atoms with Gasteiger partial charge in [-0.15, -0.1) is 11.3 Å². The number of piperidine rings is 1. The largest absolute Gasteiger partial charge is 0.481 e. The molecule has 11 nitrogen and oxygen atoms in total. The van der Waals surface area contributed by atoms with E-state index in [0.717, 1.165) is 30.6 Å². The molecule has 1 aromatic carbocycles. The highest BCUT2D eigenvalue weighted by Crippen LogP contribution is 2.43. The minimum atomic E-state index is -3.96. The number of carbonyl (C=O) groups excluding carboxylic acids is 1. The SMILES string of the molecule is CC[C@@H](C)NS(=O)(=O)c1ccc(-c2sc(-c3noc(CC(C)(C)C(=O)O)n3)nc2C(=O)N2CCCC[C@@H]2C)c(Cl)c1Cl. The molecule has 3 aromatic rings. The Balaban J connectivity index is 1.81. The Bertz CT molecular complexity index is 1600. The van der Waals surface area contributed by atoms with Crippen molar-refractivity contribution in [1.82, 2.24) is 24.7 Å². The number of nitrogens with one attached hydrogen (secondary N) is 1. The number of hydrogen-bond donors (Lipinski definition) is 2. The summed E-state index contributed by atoms with van der Waals surface area (Å²) in [5.74, 6) is -1.13. The van der Waals surface area contributed by atoms with Gasteiger partial charge in [-0.05, 0) is 59.4 Å². The molecule has 3 heterocycles. The molecule has 1 amide bonds. The summed E-state index contributed by atoms with van der Waals surface area (Å²) < 4.78 is 33.9. The standard InChI is InChI=1S/C27H33Cl2N5O6S2/c1-6-14(2)33-42(38,39)17-11-10-16(19(28)20(17)29)22-21(25(35)34-12-8-7-9-15(34)3)31-24(41-22)23-30-18(40-32-23)13-27(4,5)26(36)37/h10-11,14-15,33H,6-9,12-13H2,1-5H3,(H,36,37)/t14-,15+/m1/s1. The number of nitrogens with zero attached hydrogens (tertiary/aromatic N) is 4. The van der Waals surface area contributed by atoms with Crippen molar-refractivity contribution < 1.29 is 27.6 Å². The molecule has 0 aliphatic carbocycles. The van der Waals surface area contributed by atoms with Crippen LogP contribution in [-0.2, 0) is 21.2 Å². The maximum Gasteiger partial charge on any atom is 0.309 e. The number of likely N-dealkylation sites (tertiary alicyclic amines) is 1. The molecule has 0 bridgehead atoms. The fourth-order valence-corrected chi connectivity index (χ4v) is 7.74. The van der Waals surface area contributed by atoms with Crippen molar-refractivity contribution >= 4 is 56.4 Å². The van der Waals surface area contributed by atoms with E-state index in [-0.39, 0.29) is 61.8 Å². The second-order valence-corrected chi connectivity index (χ2v) is 14.5. The summed E-state index contributed by atoms with van der Waals surface area (Å²) in [7, 11) is -3.96. The number of carboxylic acids is 1. The van der Waals surface area contributed by atoms with E-state index in [9.17, 15) is 23.1 Å². The van der Waals surface area contributed by atoms with Crippen LogP contribution in [0.15, 0.2) is 21.6 Å². The van der Waals surface area contributed by atoms with Crippen molar-refractivity contribution in [1.29, 1.82) is 0 Å². The van der Waals surface area contributed by atoms with Gasteiger partial charge in [-0.2, -0.15) is 4.98 Å². The molecule has 4 rings (SSSR count). The van der Waals surface area contributed by atoms with Crippen LogP contribution in [0.25, 0.3) is 21.3 Å². The lowest BCUT2D eigenvalue weighted by Gasteiger charge is -2.33. The second kappa shape index (κ2) is 12.6. The van der Waals surface area contributed by atoms with E-state index >= 15 is 0 Å². The monoisotopic (exact) mass is 657 g/mol. The van der Waals surface area contributed by atoms with Crippen LogP contribution in [0.2, 0.25) is 10.0 Å². The van der Waals surface area contributed by atoms with Gasteiger partial charge in [0.1, 0.15) is 10.6 Å². The number of halogens is 2. The number of thiazole rings is 1. The van der Waals surface area contributed by atoms with Gasteiger partial charge in [-0.3, -0.25) is 9.59 Å². The van der Waals surface area contributed by atoms with E-state index < -0.39 is 21.4 Å². The van der Waals surface area contributed by atoms with Crippen LogP contribution >= 0.6 is 34.5 Å². The minimum Gasteiger partial charge on any atom is -0.481 e. The van der Waals surface area contributed by atoms with Gasteiger partial charge in [0, 0.05) is 30.6 Å². The van der Waals surface area contributed by atoms with Crippen LogP contribution < -0.4 is 4.72 Å². The first kappa shape index (κ1) is 32.3. The van der Waals surface area contributed by atoms with Crippen molar-refractivity contribution in [2.24, 2.45) is 5.41 Å². The Morgan fingerprint density at radius 3 is 2.60 bits per heavy atom. The first-order valence-electron chi connectivity index (χ1n) is 13.5. The fourth-order valence-electron chi connectivity index (χ4n) is 4.47. The van der Waals surface area contributed by atoms with Gasteiger partial charge in [-0.1, -0.05) is 41.3 Å². The normalized spacial score (nSPS) is 16.9. The predicted octanol–water partition coefficient (Wildman–Crippen LogP) is 5.91. The topological polar surface area (TPSA) is 156 Å². The summed E-state index contributed by atoms with van der Waals surface area (Å²) in [6, 6.07) is 2.54. The molecule has 42 heavy (non-hydrogen) atoms. The molecular weight excluding hydrogens is 625 g/mol. The van der Waals surface area contributed by atoms with Crippen LogP contribution in [0.5, 0.6) is 0 Å². The third-order valence-corrected chi connectivity index (χ3v) is 11.0. The van der Waals surface area contributed by atoms with Crippen molar-refractivity contribution in [3.05, 3.63) is 33.8 Å². The Labute approximate surface area is 258 Å². The summed E-state index contributed by atoms with van der Waals surface area (Å²) in [5, 5.41) is 13.5. The van der Waals surface area contributed by atoms with Crippen LogP contribution in [-0.4, -0.2) is 64.1 Å². The Morgan fingerprint density at radius 2 is 1.95 bits per heavy atom. The average Bonchev–Trinajstić information content (AvgIpc) is 3.56. The maximum absolute atomic E-state index is 13.9. The van der Waals surface area contributed by atoms with Gasteiger partial charge < -0.3 is 14.5 Å². The molecule has 0 spiro atoms. The smallest absolute Gasteiger partial charge is 0.309 e. The summed E-state index contributed by atoms with van der Waals surface area (Å²) in [4.78, 5) is 36.3. The second-order valence-electron chi connectivity index (χ2n) is 11.1. The number of aliphatic carboxylic acids is 1. The molecule has 2 atom stereocenters. The molecule has 0 unspecified atom stereocenters. The van der Waals surface area contributed by atoms with Crippen molar-refractivity contribution in [3.63, 3.8) is 0 Å². The quantitative estimate of drug-likeness (QED) is 0.270. The average molecular weight is 659 g/mol. The number of rotatable bonds is 10. The third kappa shape index (κ3) is 6.65. The number of benzene rings is 1. The van der Waals surface area contributed by atoms with Crippen LogP contribution in [0.3, 0.4) is 0 Å². The van der Waals surface area contributed by atoms with E-state index in [0.29, 0.717) is 23.4 Å². The molecule has 228 valence electrons. The Hall–Kier alpha value is -2.58. The number of carbonyl (C=O) groups is 2. The van der Waals surface area contributed by atoms with E-state index in [4.69, 9.17) is 27.7 Å². The molecule has 2 N–H and O–H groups in total. The number of aromatic nitrogens is 3. The number of carboxylic acid groups (broad SMARTS) is 1. The molecule has 1 fully saturated rings. The first-order valence-corrected chi connectivity index (χ1v) is 16.6. The van der Waals surface area contributed by atoms with Gasteiger partial charge in [0.25, 0.3) is 5.91 Å². The molecule has 15 heteroatoms. The van der Waals surface area contributed by atoms with Gasteiger partial charge in [0.15, 0.2) is 5.01 Å². The zero-order chi connectivity index (χ0) is 31.0. The molecule has 1 saturated heterocycles. The highest BCUT2D eigenvalue weighted by Gasteiger charge is 2.34. The lowest BCUT2D eigenvalue weighted by Crippen LogP contribution is -2.42. The molecule has 1 aliphatic heterocycles. The van der Waals surface area contributed by atoms with Crippen molar-refractivity contribution in [3.8, 4) is 21.3 Å². The molecule has 0 saturated carbocycles. The first-order chi connectivity index (χ1) is 19.7. The van der Waals surface area contributed by atoms with Crippen molar-refractivity contribution in [2.75, 3.05) is 6.54 Å². The highest BCUT2D eigenvalue weighted by molar-refractivity contribution is 7.89. The van der Waals surface area contributed by atoms with Gasteiger partial charge in [0.2, 0.25) is 21.7 Å². The molecular formula is C27H33Cl2N5O6S2. The third-order valence-electron chi connectivity index (χ3n) is 7.27. The van der Waals surface area contributed by atoms with Gasteiger partial charge in [-0.25, -0.2) is 18.1 Å². The van der Waals surface area contributed by atoms with E-state index in [1.54, 1.807) is 25.7 Å². The number of hydrogen-bond acceptors (Lipinski definition) is 9. The van der Waals surface area contributed by atoms with Crippen LogP contribution in [0.4, 0.5) is 0 Å². The summed E-state index contributed by atoms with van der Waals surface area (Å²) >= 11 is 14.3. The van der Waals surface area contributed by atoms with E-state index in [2.05, 4.69) is 19.8 Å². The molecule has 1 aliphatic rings. The highest BCUT2D eigenvalue weighted by atomic mass is 35.5. The number of amides is 1. The van der Waals surface area contributed by atoms with E-state index in [1.165, 1.54) is 12.1 Å². The van der Waals surface area contributed by atoms with Crippen LogP contribution in [0, 0.1) is 5.41 Å². The minimum absolute atomic E-state index is 0.00233. The predicted molar refractivity (Wildman–Crippen MR) is 160 cm³/mol. The van der Waals surface area contributed by atoms with E-state index in [1.807, 2.05) is 13.8 Å². The zero-order valence-corrected chi connectivity index (χ0v) is 27.0. The molecule has 2 aromatic heterocycles. The maximum atomic E-state index is 13.9. The number of sulfonamides is 1. The summed E-state index contributed by atoms with van der Waals surface area (Å²) in [6.07, 6.45) is 3.30. The Kier molecular flexibility index (Phi) is 9.68. The molecule has 0 radical (unpaired) electrons. The lowest BCUT2D eigenvalue weighted by atomic mass is 9.90. The summed E-state index contributed by atoms with van der Waals surface area (Å²) in [6.45, 7) is 9.24. The Morgan fingerprint density at radius 1 is 1.24 bits per heavy atom.